The summed E-state index contributed by atoms with van der Waals surface area (Å²) in [5.41, 5.74) is 2.80. The summed E-state index contributed by atoms with van der Waals surface area (Å²) in [7, 11) is 1.63. The molecule has 2 aromatic rings. The maximum Gasteiger partial charge on any atom is 0.168 e. The number of methoxy groups -OCH3 is 1. The highest BCUT2D eigenvalue weighted by molar-refractivity contribution is 6.50. The first-order valence-corrected chi connectivity index (χ1v) is 6.39. The Morgan fingerprint density at radius 1 is 0.944 bits per heavy atom. The van der Waals surface area contributed by atoms with Gasteiger partial charge in [0, 0.05) is 0 Å². The monoisotopic (exact) mass is 280 g/mol. The van der Waals surface area contributed by atoms with E-state index in [0.29, 0.717) is 0 Å². The Labute approximate surface area is 117 Å². The molecule has 0 saturated carbocycles. The van der Waals surface area contributed by atoms with Gasteiger partial charge in [-0.15, -0.1) is 0 Å². The van der Waals surface area contributed by atoms with Crippen molar-refractivity contribution in [3.8, 4) is 5.75 Å². The molecule has 2 rings (SSSR count). The van der Waals surface area contributed by atoms with Gasteiger partial charge in [-0.2, -0.15) is 0 Å². The molecule has 18 heavy (non-hydrogen) atoms. The Morgan fingerprint density at radius 3 is 2.11 bits per heavy atom. The first kappa shape index (κ1) is 13.3. The highest BCUT2D eigenvalue weighted by atomic mass is 35.5. The topological polar surface area (TPSA) is 9.23 Å². The molecule has 0 aliphatic carbocycles. The number of halogens is 2. The lowest BCUT2D eigenvalue weighted by molar-refractivity contribution is 0.414. The predicted octanol–water partition coefficient (Wildman–Crippen LogP) is 4.68. The van der Waals surface area contributed by atoms with Crippen molar-refractivity contribution in [1.82, 2.24) is 0 Å². The lowest BCUT2D eigenvalue weighted by Crippen LogP contribution is -2.13. The van der Waals surface area contributed by atoms with Crippen LogP contribution in [0.2, 0.25) is 0 Å². The minimum atomic E-state index is -1.04. The van der Waals surface area contributed by atoms with Crippen molar-refractivity contribution in [2.24, 2.45) is 0 Å². The van der Waals surface area contributed by atoms with Crippen LogP contribution in [0.4, 0.5) is 0 Å². The average Bonchev–Trinajstić information content (AvgIpc) is 2.39. The van der Waals surface area contributed by atoms with Crippen LogP contribution in [-0.2, 0) is 4.33 Å². The van der Waals surface area contributed by atoms with Gasteiger partial charge in [-0.3, -0.25) is 0 Å². The van der Waals surface area contributed by atoms with Crippen molar-refractivity contribution in [2.45, 2.75) is 11.3 Å². The van der Waals surface area contributed by atoms with Gasteiger partial charge in [0.15, 0.2) is 4.33 Å². The zero-order chi connectivity index (χ0) is 13.2. The third-order valence-electron chi connectivity index (χ3n) is 2.94. The fourth-order valence-corrected chi connectivity index (χ4v) is 2.56. The first-order chi connectivity index (χ1) is 8.55. The van der Waals surface area contributed by atoms with Gasteiger partial charge in [-0.05, 0) is 35.7 Å². The summed E-state index contributed by atoms with van der Waals surface area (Å²) in [5.74, 6) is 0.785. The molecule has 0 N–H and O–H groups in total. The van der Waals surface area contributed by atoms with Gasteiger partial charge in [0.2, 0.25) is 0 Å². The molecule has 0 amide bonds. The van der Waals surface area contributed by atoms with Gasteiger partial charge >= 0.3 is 0 Å². The van der Waals surface area contributed by atoms with Crippen molar-refractivity contribution >= 4 is 23.2 Å². The van der Waals surface area contributed by atoms with Crippen LogP contribution in [0.15, 0.2) is 48.5 Å². The van der Waals surface area contributed by atoms with E-state index in [-0.39, 0.29) is 0 Å². The minimum Gasteiger partial charge on any atom is -0.497 e. The van der Waals surface area contributed by atoms with Crippen LogP contribution in [0.25, 0.3) is 0 Å². The number of alkyl halides is 2. The molecule has 0 saturated heterocycles. The molecule has 3 heteroatoms. The van der Waals surface area contributed by atoms with Gasteiger partial charge in [-0.1, -0.05) is 59.6 Å². The summed E-state index contributed by atoms with van der Waals surface area (Å²) < 4.78 is 4.08. The SMILES string of the molecule is COc1ccc(C(Cl)(Cl)c2ccccc2C)cc1. The van der Waals surface area contributed by atoms with E-state index in [1.165, 1.54) is 0 Å². The third-order valence-corrected chi connectivity index (χ3v) is 3.78. The summed E-state index contributed by atoms with van der Waals surface area (Å²) in [6, 6.07) is 15.3. The van der Waals surface area contributed by atoms with Crippen LogP contribution < -0.4 is 4.74 Å². The largest absolute Gasteiger partial charge is 0.497 e. The smallest absolute Gasteiger partial charge is 0.168 e. The Kier molecular flexibility index (Phi) is 3.84. The van der Waals surface area contributed by atoms with Crippen molar-refractivity contribution < 1.29 is 4.74 Å². The van der Waals surface area contributed by atoms with Crippen molar-refractivity contribution in [1.29, 1.82) is 0 Å². The standard InChI is InChI=1S/C15H14Cl2O/c1-11-5-3-4-6-14(11)15(16,17)12-7-9-13(18-2)10-8-12/h3-10H,1-2H3. The summed E-state index contributed by atoms with van der Waals surface area (Å²) >= 11 is 13.0. The fraction of sp³-hybridized carbons (Fsp3) is 0.200. The Balaban J connectivity index is 2.44. The number of aryl methyl sites for hydroxylation is 1. The van der Waals surface area contributed by atoms with E-state index in [0.717, 1.165) is 22.4 Å². The second kappa shape index (κ2) is 5.21. The quantitative estimate of drug-likeness (QED) is 0.742. The van der Waals surface area contributed by atoms with Gasteiger partial charge < -0.3 is 4.74 Å². The van der Waals surface area contributed by atoms with Gasteiger partial charge in [0.1, 0.15) is 5.75 Å². The molecule has 0 aliphatic rings. The molecule has 0 spiro atoms. The molecule has 94 valence electrons. The third kappa shape index (κ3) is 2.47. The van der Waals surface area contributed by atoms with E-state index in [2.05, 4.69) is 0 Å². The number of hydrogen-bond donors (Lipinski definition) is 0. The number of hydrogen-bond acceptors (Lipinski definition) is 1. The maximum atomic E-state index is 6.51. The molecule has 0 aromatic heterocycles. The zero-order valence-corrected chi connectivity index (χ0v) is 11.8. The summed E-state index contributed by atoms with van der Waals surface area (Å²) in [4.78, 5) is 0. The van der Waals surface area contributed by atoms with Crippen LogP contribution in [0.1, 0.15) is 16.7 Å². The second-order valence-electron chi connectivity index (χ2n) is 4.12. The van der Waals surface area contributed by atoms with E-state index in [1.807, 2.05) is 55.5 Å². The van der Waals surface area contributed by atoms with E-state index in [9.17, 15) is 0 Å². The molecule has 0 bridgehead atoms. The maximum absolute atomic E-state index is 6.51. The summed E-state index contributed by atoms with van der Waals surface area (Å²) in [6.45, 7) is 2.00. The minimum absolute atomic E-state index is 0.785. The van der Waals surface area contributed by atoms with Gasteiger partial charge in [-0.25, -0.2) is 0 Å². The predicted molar refractivity (Wildman–Crippen MR) is 76.7 cm³/mol. The molecule has 0 unspecified atom stereocenters. The van der Waals surface area contributed by atoms with Crippen LogP contribution in [0.5, 0.6) is 5.75 Å². The van der Waals surface area contributed by atoms with Gasteiger partial charge in [0.25, 0.3) is 0 Å². The molecule has 1 nitrogen and oxygen atoms in total. The van der Waals surface area contributed by atoms with Crippen molar-refractivity contribution in [3.63, 3.8) is 0 Å². The first-order valence-electron chi connectivity index (χ1n) is 5.64. The van der Waals surface area contributed by atoms with E-state index in [4.69, 9.17) is 27.9 Å². The molecule has 0 radical (unpaired) electrons. The highest BCUT2D eigenvalue weighted by Gasteiger charge is 2.30. The molecule has 0 heterocycles. The molecule has 0 aliphatic heterocycles. The van der Waals surface area contributed by atoms with Crippen LogP contribution >= 0.6 is 23.2 Å². The number of ether oxygens (including phenoxy) is 1. The molecular weight excluding hydrogens is 267 g/mol. The van der Waals surface area contributed by atoms with Crippen LogP contribution in [0.3, 0.4) is 0 Å². The zero-order valence-electron chi connectivity index (χ0n) is 10.3. The number of benzene rings is 2. The number of rotatable bonds is 3. The molecule has 0 atom stereocenters. The van der Waals surface area contributed by atoms with Crippen LogP contribution in [-0.4, -0.2) is 7.11 Å². The van der Waals surface area contributed by atoms with Crippen LogP contribution in [0, 0.1) is 6.92 Å². The molecular formula is C15H14Cl2O. The van der Waals surface area contributed by atoms with E-state index < -0.39 is 4.33 Å². The van der Waals surface area contributed by atoms with E-state index in [1.54, 1.807) is 7.11 Å². The fourth-order valence-electron chi connectivity index (χ4n) is 1.88. The Morgan fingerprint density at radius 2 is 1.56 bits per heavy atom. The van der Waals surface area contributed by atoms with Gasteiger partial charge in [0.05, 0.1) is 7.11 Å². The highest BCUT2D eigenvalue weighted by Crippen LogP contribution is 2.42. The normalized spacial score (nSPS) is 11.3. The van der Waals surface area contributed by atoms with Crippen molar-refractivity contribution in [2.75, 3.05) is 7.11 Å². The molecule has 0 fully saturated rings. The Bertz CT molecular complexity index is 532. The summed E-state index contributed by atoms with van der Waals surface area (Å²) in [6.07, 6.45) is 0. The molecule has 2 aromatic carbocycles. The lowest BCUT2D eigenvalue weighted by atomic mass is 9.99. The van der Waals surface area contributed by atoms with Crippen molar-refractivity contribution in [3.05, 3.63) is 65.2 Å². The second-order valence-corrected chi connectivity index (χ2v) is 5.45. The Hall–Kier alpha value is -1.18. The summed E-state index contributed by atoms with van der Waals surface area (Å²) in [5, 5.41) is 0. The lowest BCUT2D eigenvalue weighted by Gasteiger charge is -2.22. The average molecular weight is 281 g/mol. The van der Waals surface area contributed by atoms with E-state index >= 15 is 0 Å².